The standard InChI is InChI=1S/C14H12FN3O/c15-11-4-1-2-5-12(11)19-9-10-8-18-13(16)6-3-7-14(18)17-10/h1-8H,9,16H2. The molecule has 3 rings (SSSR count). The van der Waals surface area contributed by atoms with Crippen molar-refractivity contribution in [2.24, 2.45) is 0 Å². The van der Waals surface area contributed by atoms with E-state index in [9.17, 15) is 4.39 Å². The number of hydrogen-bond donors (Lipinski definition) is 1. The number of aromatic nitrogens is 2. The van der Waals surface area contributed by atoms with E-state index in [1.807, 2.05) is 12.1 Å². The quantitative estimate of drug-likeness (QED) is 0.784. The van der Waals surface area contributed by atoms with Crippen molar-refractivity contribution in [3.05, 3.63) is 60.2 Å². The zero-order valence-corrected chi connectivity index (χ0v) is 10.1. The van der Waals surface area contributed by atoms with Gasteiger partial charge in [0.2, 0.25) is 0 Å². The van der Waals surface area contributed by atoms with E-state index in [0.717, 1.165) is 5.65 Å². The fourth-order valence-corrected chi connectivity index (χ4v) is 1.87. The maximum atomic E-state index is 13.4. The molecule has 0 saturated carbocycles. The van der Waals surface area contributed by atoms with Crippen molar-refractivity contribution in [3.63, 3.8) is 0 Å². The number of nitrogens with zero attached hydrogens (tertiary/aromatic N) is 2. The van der Waals surface area contributed by atoms with Gasteiger partial charge >= 0.3 is 0 Å². The Kier molecular flexibility index (Phi) is 2.79. The van der Waals surface area contributed by atoms with Gasteiger partial charge in [0.1, 0.15) is 18.1 Å². The summed E-state index contributed by atoms with van der Waals surface area (Å²) in [6.07, 6.45) is 1.78. The van der Waals surface area contributed by atoms with Crippen molar-refractivity contribution in [3.8, 4) is 5.75 Å². The fourth-order valence-electron chi connectivity index (χ4n) is 1.87. The highest BCUT2D eigenvalue weighted by Gasteiger charge is 2.06. The number of ether oxygens (including phenoxy) is 1. The third-order valence-corrected chi connectivity index (χ3v) is 2.79. The lowest BCUT2D eigenvalue weighted by molar-refractivity contribution is 0.286. The van der Waals surface area contributed by atoms with Gasteiger partial charge in [0.05, 0.1) is 5.69 Å². The predicted molar refractivity (Wildman–Crippen MR) is 70.3 cm³/mol. The first-order valence-corrected chi connectivity index (χ1v) is 5.84. The molecule has 2 heterocycles. The zero-order valence-electron chi connectivity index (χ0n) is 10.1. The van der Waals surface area contributed by atoms with Crippen LogP contribution in [0.25, 0.3) is 5.65 Å². The first kappa shape index (κ1) is 11.5. The van der Waals surface area contributed by atoms with Crippen LogP contribution in [0.4, 0.5) is 10.2 Å². The van der Waals surface area contributed by atoms with E-state index in [1.165, 1.54) is 6.07 Å². The largest absolute Gasteiger partial charge is 0.484 e. The highest BCUT2D eigenvalue weighted by atomic mass is 19.1. The van der Waals surface area contributed by atoms with Crippen LogP contribution in [0, 0.1) is 5.82 Å². The molecule has 2 N–H and O–H groups in total. The first-order valence-electron chi connectivity index (χ1n) is 5.84. The lowest BCUT2D eigenvalue weighted by Crippen LogP contribution is -1.97. The highest BCUT2D eigenvalue weighted by Crippen LogP contribution is 2.17. The lowest BCUT2D eigenvalue weighted by atomic mass is 10.3. The van der Waals surface area contributed by atoms with Crippen LogP contribution in [0.2, 0.25) is 0 Å². The molecule has 4 nitrogen and oxygen atoms in total. The maximum absolute atomic E-state index is 13.4. The van der Waals surface area contributed by atoms with Crippen LogP contribution in [-0.4, -0.2) is 9.38 Å². The van der Waals surface area contributed by atoms with Crippen LogP contribution in [0.15, 0.2) is 48.7 Å². The summed E-state index contributed by atoms with van der Waals surface area (Å²) in [6, 6.07) is 11.8. The summed E-state index contributed by atoms with van der Waals surface area (Å²) in [5.41, 5.74) is 7.26. The Balaban J connectivity index is 1.83. The second-order valence-electron chi connectivity index (χ2n) is 4.13. The molecule has 0 spiro atoms. The minimum Gasteiger partial charge on any atom is -0.484 e. The highest BCUT2D eigenvalue weighted by molar-refractivity contribution is 5.48. The molecule has 0 unspecified atom stereocenters. The molecular weight excluding hydrogens is 245 g/mol. The number of imidazole rings is 1. The van der Waals surface area contributed by atoms with Gasteiger partial charge in [0, 0.05) is 6.20 Å². The SMILES string of the molecule is Nc1cccc2nc(COc3ccccc3F)cn12. The van der Waals surface area contributed by atoms with Gasteiger partial charge in [-0.2, -0.15) is 0 Å². The Morgan fingerprint density at radius 2 is 2.00 bits per heavy atom. The number of pyridine rings is 1. The first-order chi connectivity index (χ1) is 9.24. The van der Waals surface area contributed by atoms with E-state index in [-0.39, 0.29) is 18.2 Å². The maximum Gasteiger partial charge on any atom is 0.165 e. The normalized spacial score (nSPS) is 10.8. The van der Waals surface area contributed by atoms with Gasteiger partial charge in [0.25, 0.3) is 0 Å². The van der Waals surface area contributed by atoms with E-state index in [1.54, 1.807) is 34.9 Å². The van der Waals surface area contributed by atoms with Crippen LogP contribution in [-0.2, 0) is 6.61 Å². The molecule has 3 aromatic rings. The molecule has 0 radical (unpaired) electrons. The Morgan fingerprint density at radius 3 is 2.79 bits per heavy atom. The topological polar surface area (TPSA) is 52.5 Å². The molecule has 2 aromatic heterocycles. The monoisotopic (exact) mass is 257 g/mol. The molecule has 0 amide bonds. The van der Waals surface area contributed by atoms with Crippen molar-refractivity contribution in [1.82, 2.24) is 9.38 Å². The molecule has 96 valence electrons. The minimum absolute atomic E-state index is 0.196. The minimum atomic E-state index is -0.384. The molecule has 0 aliphatic carbocycles. The van der Waals surface area contributed by atoms with E-state index in [2.05, 4.69) is 4.98 Å². The number of nitrogens with two attached hydrogens (primary N) is 1. The van der Waals surface area contributed by atoms with E-state index < -0.39 is 0 Å². The van der Waals surface area contributed by atoms with Crippen LogP contribution < -0.4 is 10.5 Å². The molecule has 0 atom stereocenters. The fraction of sp³-hybridized carbons (Fsp3) is 0.0714. The van der Waals surface area contributed by atoms with Gasteiger partial charge in [-0.05, 0) is 24.3 Å². The summed E-state index contributed by atoms with van der Waals surface area (Å²) in [4.78, 5) is 4.35. The van der Waals surface area contributed by atoms with Gasteiger partial charge < -0.3 is 10.5 Å². The smallest absolute Gasteiger partial charge is 0.165 e. The molecule has 1 aromatic carbocycles. The third-order valence-electron chi connectivity index (χ3n) is 2.79. The van der Waals surface area contributed by atoms with Crippen LogP contribution in [0.5, 0.6) is 5.75 Å². The average molecular weight is 257 g/mol. The molecule has 0 bridgehead atoms. The van der Waals surface area contributed by atoms with Crippen molar-refractivity contribution in [2.45, 2.75) is 6.61 Å². The zero-order chi connectivity index (χ0) is 13.2. The number of para-hydroxylation sites is 1. The van der Waals surface area contributed by atoms with E-state index in [0.29, 0.717) is 11.5 Å². The Bertz CT molecular complexity index is 724. The summed E-state index contributed by atoms with van der Waals surface area (Å²) in [5.74, 6) is 0.431. The van der Waals surface area contributed by atoms with Gasteiger partial charge in [-0.1, -0.05) is 18.2 Å². The molecule has 0 saturated heterocycles. The molecule has 0 aliphatic heterocycles. The summed E-state index contributed by atoms with van der Waals surface area (Å²) in [7, 11) is 0. The van der Waals surface area contributed by atoms with Crippen molar-refractivity contribution in [1.29, 1.82) is 0 Å². The number of halogens is 1. The van der Waals surface area contributed by atoms with Crippen LogP contribution >= 0.6 is 0 Å². The van der Waals surface area contributed by atoms with Crippen molar-refractivity contribution < 1.29 is 9.13 Å². The number of nitrogen functional groups attached to an aromatic ring is 1. The number of hydrogen-bond acceptors (Lipinski definition) is 3. The lowest BCUT2D eigenvalue weighted by Gasteiger charge is -2.04. The summed E-state index contributed by atoms with van der Waals surface area (Å²) in [6.45, 7) is 0.196. The number of rotatable bonds is 3. The van der Waals surface area contributed by atoms with Crippen molar-refractivity contribution >= 4 is 11.5 Å². The molecule has 19 heavy (non-hydrogen) atoms. The Hall–Kier alpha value is -2.56. The summed E-state index contributed by atoms with van der Waals surface area (Å²) >= 11 is 0. The Labute approximate surface area is 109 Å². The number of anilines is 1. The molecule has 0 aliphatic rings. The second kappa shape index (κ2) is 4.61. The van der Waals surface area contributed by atoms with Gasteiger partial charge in [-0.15, -0.1) is 0 Å². The summed E-state index contributed by atoms with van der Waals surface area (Å²) in [5, 5.41) is 0. The molecule has 0 fully saturated rings. The number of benzene rings is 1. The third kappa shape index (κ3) is 2.22. The van der Waals surface area contributed by atoms with Gasteiger partial charge in [-0.3, -0.25) is 4.40 Å². The van der Waals surface area contributed by atoms with Gasteiger partial charge in [-0.25, -0.2) is 9.37 Å². The van der Waals surface area contributed by atoms with Gasteiger partial charge in [0.15, 0.2) is 11.6 Å². The van der Waals surface area contributed by atoms with Crippen molar-refractivity contribution in [2.75, 3.05) is 5.73 Å². The Morgan fingerprint density at radius 1 is 1.16 bits per heavy atom. The number of fused-ring (bicyclic) bond motifs is 1. The van der Waals surface area contributed by atoms with E-state index in [4.69, 9.17) is 10.5 Å². The van der Waals surface area contributed by atoms with Crippen LogP contribution in [0.1, 0.15) is 5.69 Å². The predicted octanol–water partition coefficient (Wildman–Crippen LogP) is 2.63. The second-order valence-corrected chi connectivity index (χ2v) is 4.13. The molecule has 5 heteroatoms. The average Bonchev–Trinajstić information content (AvgIpc) is 2.82. The van der Waals surface area contributed by atoms with Crippen LogP contribution in [0.3, 0.4) is 0 Å². The molecular formula is C14H12FN3O. The summed E-state index contributed by atoms with van der Waals surface area (Å²) < 4.78 is 20.6. The van der Waals surface area contributed by atoms with E-state index >= 15 is 0 Å².